The van der Waals surface area contributed by atoms with Crippen molar-refractivity contribution in [2.45, 2.75) is 45.1 Å². The second-order valence-corrected chi connectivity index (χ2v) is 10.6. The van der Waals surface area contributed by atoms with E-state index in [1.54, 1.807) is 18.2 Å². The summed E-state index contributed by atoms with van der Waals surface area (Å²) in [4.78, 5) is 9.68. The molecule has 1 atom stereocenters. The lowest BCUT2D eigenvalue weighted by Crippen LogP contribution is -2.41. The van der Waals surface area contributed by atoms with Gasteiger partial charge in [-0.3, -0.25) is 9.89 Å². The van der Waals surface area contributed by atoms with Gasteiger partial charge in [0.2, 0.25) is 6.43 Å². The molecular formula is C30H39F4N3O2. The summed E-state index contributed by atoms with van der Waals surface area (Å²) in [6.45, 7) is 13.0. The first kappa shape index (κ1) is 29.5. The Balaban J connectivity index is 1.37. The summed E-state index contributed by atoms with van der Waals surface area (Å²) in [7, 11) is 0. The van der Waals surface area contributed by atoms with Crippen molar-refractivity contribution >= 4 is 11.8 Å². The molecule has 0 amide bonds. The lowest BCUT2D eigenvalue weighted by molar-refractivity contribution is -0.158. The molecule has 0 radical (unpaired) electrons. The summed E-state index contributed by atoms with van der Waals surface area (Å²) in [5.74, 6) is 0.316. The number of nitrogens with zero attached hydrogens (tertiary/aromatic N) is 3. The molecule has 0 saturated carbocycles. The van der Waals surface area contributed by atoms with Crippen molar-refractivity contribution in [2.75, 3.05) is 59.0 Å². The van der Waals surface area contributed by atoms with Crippen LogP contribution in [0, 0.1) is 5.92 Å². The maximum atomic E-state index is 13.5. The number of allylic oxidation sites excluding steroid dienone is 1. The molecule has 1 aromatic rings. The molecule has 1 unspecified atom stereocenters. The number of hydrogen-bond acceptors (Lipinski definition) is 5. The van der Waals surface area contributed by atoms with Crippen molar-refractivity contribution in [1.29, 1.82) is 0 Å². The molecule has 3 aliphatic rings. The molecule has 214 valence electrons. The molecule has 9 heteroatoms. The van der Waals surface area contributed by atoms with Crippen molar-refractivity contribution < 1.29 is 27.0 Å². The second kappa shape index (κ2) is 13.7. The van der Waals surface area contributed by atoms with Crippen LogP contribution in [0.1, 0.15) is 38.2 Å². The van der Waals surface area contributed by atoms with Gasteiger partial charge in [-0.2, -0.15) is 8.78 Å². The summed E-state index contributed by atoms with van der Waals surface area (Å²) in [6.07, 6.45) is 0.114. The molecule has 0 aliphatic carbocycles. The van der Waals surface area contributed by atoms with Gasteiger partial charge in [-0.05, 0) is 72.7 Å². The van der Waals surface area contributed by atoms with Crippen molar-refractivity contribution in [3.63, 3.8) is 0 Å². The number of ether oxygens (including phenoxy) is 2. The second-order valence-electron chi connectivity index (χ2n) is 10.6. The van der Waals surface area contributed by atoms with Crippen LogP contribution in [0.2, 0.25) is 0 Å². The Labute approximate surface area is 228 Å². The van der Waals surface area contributed by atoms with Gasteiger partial charge in [0.05, 0.1) is 19.8 Å². The molecule has 0 bridgehead atoms. The third kappa shape index (κ3) is 9.58. The number of dihydropyridines is 1. The first-order chi connectivity index (χ1) is 18.6. The van der Waals surface area contributed by atoms with Crippen LogP contribution in [0.4, 0.5) is 17.6 Å². The summed E-state index contributed by atoms with van der Waals surface area (Å²) >= 11 is 0. The molecule has 1 aromatic carbocycles. The zero-order valence-corrected chi connectivity index (χ0v) is 22.7. The van der Waals surface area contributed by atoms with Gasteiger partial charge in [0.1, 0.15) is 5.75 Å². The Morgan fingerprint density at radius 1 is 1.10 bits per heavy atom. The normalized spacial score (nSPS) is 23.1. The minimum atomic E-state index is -3.27. The number of likely N-dealkylation sites (tertiary alicyclic amines) is 1. The maximum Gasteiger partial charge on any atom is 0.394 e. The van der Waals surface area contributed by atoms with Crippen LogP contribution < -0.4 is 4.74 Å². The standard InChI is InChI=1S/C30H39F4N3O2/c1-22-7-9-36(11-12-37-13-15-38-16-14-37)10-8-24(22)18-27-19-25(20-29(31)32)26(21-35-27)17-23-3-5-28(6-4-23)39-30(2,33)34/h3-6,17,19,24,29H,1,7-16,18,20-21H2,2H3/b26-17-. The molecular weight excluding hydrogens is 510 g/mol. The molecule has 2 saturated heterocycles. The Morgan fingerprint density at radius 2 is 1.79 bits per heavy atom. The van der Waals surface area contributed by atoms with E-state index in [0.717, 1.165) is 71.0 Å². The minimum absolute atomic E-state index is 0.0419. The fourth-order valence-corrected chi connectivity index (χ4v) is 5.28. The number of hydrogen-bond donors (Lipinski definition) is 0. The van der Waals surface area contributed by atoms with Gasteiger partial charge < -0.3 is 14.4 Å². The summed E-state index contributed by atoms with van der Waals surface area (Å²) in [6, 6.07) is 6.15. The monoisotopic (exact) mass is 549 g/mol. The van der Waals surface area contributed by atoms with Gasteiger partial charge in [0, 0.05) is 51.8 Å². The number of aliphatic imine (C=N–C) groups is 1. The highest BCUT2D eigenvalue weighted by molar-refractivity contribution is 5.98. The molecule has 0 aromatic heterocycles. The lowest BCUT2D eigenvalue weighted by Gasteiger charge is -2.29. The van der Waals surface area contributed by atoms with Gasteiger partial charge in [-0.15, -0.1) is 0 Å². The highest BCUT2D eigenvalue weighted by atomic mass is 19.3. The lowest BCUT2D eigenvalue weighted by atomic mass is 9.87. The zero-order valence-electron chi connectivity index (χ0n) is 22.7. The van der Waals surface area contributed by atoms with Gasteiger partial charge >= 0.3 is 6.11 Å². The highest BCUT2D eigenvalue weighted by Crippen LogP contribution is 2.30. The predicted molar refractivity (Wildman–Crippen MR) is 147 cm³/mol. The fourth-order valence-electron chi connectivity index (χ4n) is 5.28. The number of benzene rings is 1. The van der Waals surface area contributed by atoms with E-state index in [9.17, 15) is 17.6 Å². The Bertz CT molecular complexity index is 1060. The van der Waals surface area contributed by atoms with Crippen LogP contribution in [0.5, 0.6) is 5.75 Å². The van der Waals surface area contributed by atoms with E-state index in [1.165, 1.54) is 17.7 Å². The van der Waals surface area contributed by atoms with Crippen molar-refractivity contribution in [3.05, 3.63) is 59.2 Å². The smallest absolute Gasteiger partial charge is 0.394 e. The molecule has 39 heavy (non-hydrogen) atoms. The zero-order chi connectivity index (χ0) is 27.8. The number of alkyl halides is 4. The molecule has 2 fully saturated rings. The summed E-state index contributed by atoms with van der Waals surface area (Å²) in [5.41, 5.74) is 4.04. The molecule has 0 spiro atoms. The van der Waals surface area contributed by atoms with Crippen LogP contribution in [-0.4, -0.2) is 87.1 Å². The van der Waals surface area contributed by atoms with Gasteiger partial charge in [0.15, 0.2) is 0 Å². The Kier molecular flexibility index (Phi) is 10.4. The van der Waals surface area contributed by atoms with E-state index in [2.05, 4.69) is 21.1 Å². The molecule has 5 nitrogen and oxygen atoms in total. The van der Waals surface area contributed by atoms with E-state index < -0.39 is 12.5 Å². The molecule has 0 N–H and O–H groups in total. The van der Waals surface area contributed by atoms with Gasteiger partial charge in [-0.1, -0.05) is 24.3 Å². The minimum Gasteiger partial charge on any atom is -0.433 e. The van der Waals surface area contributed by atoms with E-state index in [0.29, 0.717) is 36.6 Å². The fraction of sp³-hybridized carbons (Fsp3) is 0.567. The topological polar surface area (TPSA) is 37.3 Å². The third-order valence-electron chi connectivity index (χ3n) is 7.51. The van der Waals surface area contributed by atoms with E-state index in [1.807, 2.05) is 6.08 Å². The largest absolute Gasteiger partial charge is 0.433 e. The molecule has 3 aliphatic heterocycles. The van der Waals surface area contributed by atoms with Crippen LogP contribution in [0.3, 0.4) is 0 Å². The van der Waals surface area contributed by atoms with E-state index in [4.69, 9.17) is 9.73 Å². The van der Waals surface area contributed by atoms with Gasteiger partial charge in [-0.25, -0.2) is 8.78 Å². The van der Waals surface area contributed by atoms with E-state index in [-0.39, 0.29) is 18.1 Å². The van der Waals surface area contributed by atoms with Gasteiger partial charge in [0.25, 0.3) is 0 Å². The average molecular weight is 550 g/mol. The first-order valence-electron chi connectivity index (χ1n) is 13.7. The number of morpholine rings is 1. The summed E-state index contributed by atoms with van der Waals surface area (Å²) in [5, 5.41) is 0. The van der Waals surface area contributed by atoms with Crippen LogP contribution in [0.25, 0.3) is 6.08 Å². The molecule has 3 heterocycles. The van der Waals surface area contributed by atoms with Crippen molar-refractivity contribution in [3.8, 4) is 5.75 Å². The van der Waals surface area contributed by atoms with Crippen LogP contribution in [-0.2, 0) is 4.74 Å². The third-order valence-corrected chi connectivity index (χ3v) is 7.51. The first-order valence-corrected chi connectivity index (χ1v) is 13.7. The van der Waals surface area contributed by atoms with Crippen LogP contribution >= 0.6 is 0 Å². The number of rotatable bonds is 10. The highest BCUT2D eigenvalue weighted by Gasteiger charge is 2.25. The van der Waals surface area contributed by atoms with Crippen LogP contribution in [0.15, 0.2) is 58.6 Å². The predicted octanol–water partition coefficient (Wildman–Crippen LogP) is 6.09. The Morgan fingerprint density at radius 3 is 2.46 bits per heavy atom. The molecule has 4 rings (SSSR count). The number of halogens is 4. The van der Waals surface area contributed by atoms with E-state index >= 15 is 0 Å². The average Bonchev–Trinajstić information content (AvgIpc) is 3.06. The Hall–Kier alpha value is -2.49. The maximum absolute atomic E-state index is 13.5. The SMILES string of the molecule is C=C1CCN(CCN2CCOCC2)CCC1CC1=NC/C(=C/c2ccc(OC(C)(F)F)cc2)C(CC(F)F)=C1. The van der Waals surface area contributed by atoms with Crippen molar-refractivity contribution in [2.24, 2.45) is 10.9 Å². The van der Waals surface area contributed by atoms with Crippen molar-refractivity contribution in [1.82, 2.24) is 9.80 Å². The quantitative estimate of drug-likeness (QED) is 0.262. The summed E-state index contributed by atoms with van der Waals surface area (Å²) < 4.78 is 63.1.